The molecule has 3 rings (SSSR count). The van der Waals surface area contributed by atoms with Gasteiger partial charge in [0.15, 0.2) is 5.13 Å². The Hall–Kier alpha value is -2.29. The van der Waals surface area contributed by atoms with Crippen molar-refractivity contribution in [3.05, 3.63) is 52.8 Å². The van der Waals surface area contributed by atoms with Gasteiger partial charge in [-0.3, -0.25) is 10.1 Å². The van der Waals surface area contributed by atoms with Gasteiger partial charge in [-0.2, -0.15) is 5.10 Å². The van der Waals surface area contributed by atoms with Crippen LogP contribution in [0.3, 0.4) is 0 Å². The molecule has 0 aliphatic heterocycles. The number of rotatable bonds is 4. The van der Waals surface area contributed by atoms with Crippen LogP contribution in [0, 0.1) is 5.82 Å². The Kier molecular flexibility index (Phi) is 4.85. The van der Waals surface area contributed by atoms with Gasteiger partial charge in [0.25, 0.3) is 5.91 Å². The zero-order chi connectivity index (χ0) is 18.1. The van der Waals surface area contributed by atoms with E-state index >= 15 is 0 Å². The number of hydrogen-bond acceptors (Lipinski definition) is 5. The van der Waals surface area contributed by atoms with Gasteiger partial charge in [0.05, 0.1) is 10.0 Å². The van der Waals surface area contributed by atoms with E-state index in [9.17, 15) is 9.18 Å². The van der Waals surface area contributed by atoms with Crippen LogP contribution in [-0.2, 0) is 4.79 Å². The number of benzene rings is 1. The summed E-state index contributed by atoms with van der Waals surface area (Å²) >= 11 is 13.1. The van der Waals surface area contributed by atoms with Crippen molar-refractivity contribution in [2.45, 2.75) is 6.92 Å². The zero-order valence-corrected chi connectivity index (χ0v) is 15.1. The number of hydrogen-bond donors (Lipinski definition) is 1. The van der Waals surface area contributed by atoms with E-state index in [2.05, 4.69) is 27.0 Å². The van der Waals surface area contributed by atoms with Crippen molar-refractivity contribution < 1.29 is 9.18 Å². The van der Waals surface area contributed by atoms with Crippen LogP contribution >= 0.6 is 34.5 Å². The Balaban J connectivity index is 2.15. The summed E-state index contributed by atoms with van der Waals surface area (Å²) in [5.74, 6) is -1.01. The standard InChI is InChI=1S/C15H10Cl2FN5OS/c1-7(2)13(24)22-15-21-12(14(25-15)23-6-19-5-20-23)8-3-11(18)10(17)4-9(8)16/h3-6H,1H2,2H3,(H,21,22,24). The number of nitrogens with zero attached hydrogens (tertiary/aromatic N) is 4. The molecule has 10 heteroatoms. The fourth-order valence-corrected chi connectivity index (χ4v) is 3.29. The fraction of sp³-hybridized carbons (Fsp3) is 0.0667. The van der Waals surface area contributed by atoms with Crippen molar-refractivity contribution >= 4 is 45.6 Å². The summed E-state index contributed by atoms with van der Waals surface area (Å²) in [5.41, 5.74) is 0.990. The van der Waals surface area contributed by atoms with Crippen LogP contribution in [0.4, 0.5) is 9.52 Å². The van der Waals surface area contributed by atoms with E-state index in [0.717, 1.165) is 11.3 Å². The molecular formula is C15H10Cl2FN5OS. The molecule has 1 aromatic carbocycles. The minimum Gasteiger partial charge on any atom is -0.298 e. The molecule has 25 heavy (non-hydrogen) atoms. The maximum atomic E-state index is 13.9. The smallest absolute Gasteiger partial charge is 0.252 e. The van der Waals surface area contributed by atoms with Crippen LogP contribution in [0.2, 0.25) is 10.0 Å². The van der Waals surface area contributed by atoms with Gasteiger partial charge in [0.1, 0.15) is 29.2 Å². The summed E-state index contributed by atoms with van der Waals surface area (Å²) in [6.45, 7) is 5.15. The Morgan fingerprint density at radius 2 is 2.12 bits per heavy atom. The maximum absolute atomic E-state index is 13.9. The fourth-order valence-electron chi connectivity index (χ4n) is 1.92. The van der Waals surface area contributed by atoms with E-state index in [-0.39, 0.29) is 16.0 Å². The quantitative estimate of drug-likeness (QED) is 0.524. The van der Waals surface area contributed by atoms with Crippen LogP contribution < -0.4 is 5.32 Å². The largest absolute Gasteiger partial charge is 0.298 e. The lowest BCUT2D eigenvalue weighted by Gasteiger charge is -2.05. The second-order valence-electron chi connectivity index (χ2n) is 4.99. The van der Waals surface area contributed by atoms with Crippen molar-refractivity contribution in [1.82, 2.24) is 19.7 Å². The monoisotopic (exact) mass is 397 g/mol. The van der Waals surface area contributed by atoms with Gasteiger partial charge in [0.2, 0.25) is 0 Å². The molecule has 128 valence electrons. The Labute approximate surface area is 155 Å². The lowest BCUT2D eigenvalue weighted by molar-refractivity contribution is -0.112. The predicted octanol–water partition coefficient (Wildman–Crippen LogP) is 4.35. The van der Waals surface area contributed by atoms with E-state index in [4.69, 9.17) is 23.2 Å². The number of anilines is 1. The zero-order valence-electron chi connectivity index (χ0n) is 12.8. The summed E-state index contributed by atoms with van der Waals surface area (Å²) in [6, 6.07) is 2.48. The molecule has 2 aromatic heterocycles. The van der Waals surface area contributed by atoms with Gasteiger partial charge in [-0.25, -0.2) is 19.0 Å². The molecule has 0 bridgehead atoms. The minimum absolute atomic E-state index is 0.0953. The average molecular weight is 398 g/mol. The average Bonchev–Trinajstić information content (AvgIpc) is 3.19. The van der Waals surface area contributed by atoms with Gasteiger partial charge in [-0.15, -0.1) is 0 Å². The first kappa shape index (κ1) is 17.5. The van der Waals surface area contributed by atoms with Crippen LogP contribution in [0.1, 0.15) is 6.92 Å². The molecule has 0 unspecified atom stereocenters. The van der Waals surface area contributed by atoms with Gasteiger partial charge < -0.3 is 0 Å². The molecule has 6 nitrogen and oxygen atoms in total. The predicted molar refractivity (Wildman–Crippen MR) is 95.9 cm³/mol. The SMILES string of the molecule is C=C(C)C(=O)Nc1nc(-c2cc(F)c(Cl)cc2Cl)c(-n2cncn2)s1. The first-order valence-electron chi connectivity index (χ1n) is 6.84. The van der Waals surface area contributed by atoms with Gasteiger partial charge >= 0.3 is 0 Å². The number of nitrogens with one attached hydrogen (secondary N) is 1. The number of aromatic nitrogens is 4. The van der Waals surface area contributed by atoms with Crippen LogP contribution in [-0.4, -0.2) is 25.7 Å². The van der Waals surface area contributed by atoms with Gasteiger partial charge in [0, 0.05) is 11.1 Å². The lowest BCUT2D eigenvalue weighted by atomic mass is 10.1. The van der Waals surface area contributed by atoms with Crippen LogP contribution in [0.5, 0.6) is 0 Å². The Bertz CT molecular complexity index is 971. The second-order valence-corrected chi connectivity index (χ2v) is 6.79. The molecule has 0 aliphatic carbocycles. The Morgan fingerprint density at radius 3 is 2.76 bits per heavy atom. The van der Waals surface area contributed by atoms with E-state index < -0.39 is 5.82 Å². The first-order valence-corrected chi connectivity index (χ1v) is 8.41. The van der Waals surface area contributed by atoms with E-state index in [1.807, 2.05) is 0 Å². The molecule has 2 heterocycles. The number of halogens is 3. The van der Waals surface area contributed by atoms with Gasteiger partial charge in [-0.05, 0) is 19.1 Å². The van der Waals surface area contributed by atoms with Crippen molar-refractivity contribution in [2.24, 2.45) is 0 Å². The summed E-state index contributed by atoms with van der Waals surface area (Å²) in [7, 11) is 0. The summed E-state index contributed by atoms with van der Waals surface area (Å²) in [6.07, 6.45) is 2.81. The summed E-state index contributed by atoms with van der Waals surface area (Å²) < 4.78 is 15.4. The summed E-state index contributed by atoms with van der Waals surface area (Å²) in [5, 5.41) is 7.60. The highest BCUT2D eigenvalue weighted by molar-refractivity contribution is 7.18. The summed E-state index contributed by atoms with van der Waals surface area (Å²) in [4.78, 5) is 20.1. The van der Waals surface area contributed by atoms with Crippen molar-refractivity contribution in [3.63, 3.8) is 0 Å². The number of carbonyl (C=O) groups is 1. The van der Waals surface area contributed by atoms with Crippen molar-refractivity contribution in [2.75, 3.05) is 5.32 Å². The molecule has 0 saturated heterocycles. The normalized spacial score (nSPS) is 10.7. The highest BCUT2D eigenvalue weighted by Gasteiger charge is 2.20. The van der Waals surface area contributed by atoms with E-state index in [0.29, 0.717) is 27.0 Å². The molecule has 0 spiro atoms. The van der Waals surface area contributed by atoms with Crippen LogP contribution in [0.25, 0.3) is 16.3 Å². The molecule has 1 amide bonds. The van der Waals surface area contributed by atoms with Crippen molar-refractivity contribution in [1.29, 1.82) is 0 Å². The molecule has 1 N–H and O–H groups in total. The topological polar surface area (TPSA) is 72.7 Å². The first-order chi connectivity index (χ1) is 11.9. The maximum Gasteiger partial charge on any atom is 0.252 e. The third-order valence-electron chi connectivity index (χ3n) is 3.11. The third-order valence-corrected chi connectivity index (χ3v) is 4.67. The molecular weight excluding hydrogens is 388 g/mol. The molecule has 0 fully saturated rings. The minimum atomic E-state index is -0.633. The molecule has 0 atom stereocenters. The van der Waals surface area contributed by atoms with E-state index in [1.54, 1.807) is 6.92 Å². The van der Waals surface area contributed by atoms with E-state index in [1.165, 1.54) is 29.5 Å². The van der Waals surface area contributed by atoms with Crippen LogP contribution in [0.15, 0.2) is 36.9 Å². The highest BCUT2D eigenvalue weighted by atomic mass is 35.5. The number of amides is 1. The second kappa shape index (κ2) is 6.91. The van der Waals surface area contributed by atoms with Crippen molar-refractivity contribution in [3.8, 4) is 16.3 Å². The third kappa shape index (κ3) is 3.55. The molecule has 0 radical (unpaired) electrons. The van der Waals surface area contributed by atoms with Gasteiger partial charge in [-0.1, -0.05) is 41.1 Å². The number of carbonyl (C=O) groups excluding carboxylic acids is 1. The molecule has 0 saturated carbocycles. The molecule has 3 aromatic rings. The lowest BCUT2D eigenvalue weighted by Crippen LogP contribution is -2.11. The highest BCUT2D eigenvalue weighted by Crippen LogP contribution is 2.39. The number of thiazole rings is 1. The molecule has 0 aliphatic rings. The Morgan fingerprint density at radius 1 is 1.36 bits per heavy atom.